The van der Waals surface area contributed by atoms with Crippen molar-refractivity contribution in [3.05, 3.63) is 0 Å². The summed E-state index contributed by atoms with van der Waals surface area (Å²) in [7, 11) is -3.28. The Hall–Kier alpha value is 0.110. The molecule has 0 atom stereocenters. The van der Waals surface area contributed by atoms with Crippen molar-refractivity contribution in [2.45, 2.75) is 76.4 Å². The molecule has 0 amide bonds. The van der Waals surface area contributed by atoms with Gasteiger partial charge in [-0.2, -0.15) is 0 Å². The molecule has 2 rings (SSSR count). The third-order valence-electron chi connectivity index (χ3n) is 3.90. The zero-order valence-electron chi connectivity index (χ0n) is 11.1. The molecular weight excluding hydrogens is 251 g/mol. The van der Waals surface area contributed by atoms with Crippen molar-refractivity contribution in [2.24, 2.45) is 0 Å². The van der Waals surface area contributed by atoms with E-state index in [2.05, 4.69) is 0 Å². The number of hydrogen-bond donors (Lipinski definition) is 1. The van der Waals surface area contributed by atoms with Crippen molar-refractivity contribution in [3.8, 4) is 0 Å². The highest BCUT2D eigenvalue weighted by atomic mass is 31.2. The van der Waals surface area contributed by atoms with Gasteiger partial charge in [0.1, 0.15) is 6.35 Å². The molecule has 0 saturated heterocycles. The van der Waals surface area contributed by atoms with E-state index in [1.807, 2.05) is 0 Å². The van der Waals surface area contributed by atoms with E-state index in [1.165, 1.54) is 12.8 Å². The standard InChI is InChI=1S/C13H25O4P/c14-11-18(15,16-12-7-3-1-4-8-12)17-13-9-5-2-6-10-13/h12-14H,1-11H2. The summed E-state index contributed by atoms with van der Waals surface area (Å²) in [4.78, 5) is 0. The van der Waals surface area contributed by atoms with Crippen LogP contribution in [-0.4, -0.2) is 23.7 Å². The molecule has 106 valence electrons. The van der Waals surface area contributed by atoms with Crippen molar-refractivity contribution in [3.63, 3.8) is 0 Å². The van der Waals surface area contributed by atoms with Gasteiger partial charge in [0, 0.05) is 0 Å². The Bertz CT molecular complexity index is 259. The van der Waals surface area contributed by atoms with Gasteiger partial charge in [-0.1, -0.05) is 38.5 Å². The van der Waals surface area contributed by atoms with Crippen LogP contribution < -0.4 is 0 Å². The number of hydrogen-bond acceptors (Lipinski definition) is 4. The fraction of sp³-hybridized carbons (Fsp3) is 1.00. The van der Waals surface area contributed by atoms with Gasteiger partial charge in [0.15, 0.2) is 0 Å². The molecular formula is C13H25O4P. The lowest BCUT2D eigenvalue weighted by molar-refractivity contribution is 0.0693. The monoisotopic (exact) mass is 276 g/mol. The summed E-state index contributed by atoms with van der Waals surface area (Å²) in [6.45, 7) is 0. The molecule has 0 spiro atoms. The average molecular weight is 276 g/mol. The normalized spacial score (nSPS) is 24.3. The lowest BCUT2D eigenvalue weighted by Crippen LogP contribution is -2.21. The first-order valence-electron chi connectivity index (χ1n) is 7.28. The van der Waals surface area contributed by atoms with E-state index in [0.717, 1.165) is 51.4 Å². The minimum absolute atomic E-state index is 0.0142. The highest BCUT2D eigenvalue weighted by Crippen LogP contribution is 2.52. The Kier molecular flexibility index (Phi) is 5.68. The quantitative estimate of drug-likeness (QED) is 0.775. The van der Waals surface area contributed by atoms with Crippen LogP contribution in [0.4, 0.5) is 0 Å². The molecule has 5 heteroatoms. The highest BCUT2D eigenvalue weighted by molar-refractivity contribution is 7.53. The number of rotatable bonds is 5. The topological polar surface area (TPSA) is 55.8 Å². The summed E-state index contributed by atoms with van der Waals surface area (Å²) in [5, 5.41) is 9.33. The maximum atomic E-state index is 12.4. The summed E-state index contributed by atoms with van der Waals surface area (Å²) in [5.41, 5.74) is 0. The Morgan fingerprint density at radius 1 is 0.833 bits per heavy atom. The van der Waals surface area contributed by atoms with Crippen LogP contribution in [0.2, 0.25) is 0 Å². The van der Waals surface area contributed by atoms with Gasteiger partial charge in [0.25, 0.3) is 0 Å². The third-order valence-corrected chi connectivity index (χ3v) is 5.48. The predicted octanol–water partition coefficient (Wildman–Crippen LogP) is 3.83. The maximum absolute atomic E-state index is 12.4. The van der Waals surface area contributed by atoms with E-state index in [4.69, 9.17) is 9.05 Å². The Morgan fingerprint density at radius 3 is 1.56 bits per heavy atom. The van der Waals surface area contributed by atoms with E-state index >= 15 is 0 Å². The first kappa shape index (κ1) is 14.5. The van der Waals surface area contributed by atoms with E-state index in [1.54, 1.807) is 0 Å². The summed E-state index contributed by atoms with van der Waals surface area (Å²) in [6, 6.07) is 0. The molecule has 4 nitrogen and oxygen atoms in total. The molecule has 0 aromatic carbocycles. The van der Waals surface area contributed by atoms with Crippen LogP contribution in [-0.2, 0) is 13.6 Å². The minimum Gasteiger partial charge on any atom is -0.384 e. The summed E-state index contributed by atoms with van der Waals surface area (Å²) in [6.07, 6.45) is 10.3. The van der Waals surface area contributed by atoms with E-state index < -0.39 is 13.9 Å². The van der Waals surface area contributed by atoms with Crippen molar-refractivity contribution < 1.29 is 18.7 Å². The Labute approximate surface area is 110 Å². The van der Waals surface area contributed by atoms with Crippen molar-refractivity contribution >= 4 is 7.60 Å². The van der Waals surface area contributed by atoms with Crippen LogP contribution in [0.5, 0.6) is 0 Å². The molecule has 0 bridgehead atoms. The largest absolute Gasteiger partial charge is 0.384 e. The lowest BCUT2D eigenvalue weighted by atomic mass is 9.98. The number of aliphatic hydroxyl groups is 1. The van der Waals surface area contributed by atoms with Crippen LogP contribution in [0.1, 0.15) is 64.2 Å². The molecule has 0 aromatic rings. The molecule has 18 heavy (non-hydrogen) atoms. The summed E-state index contributed by atoms with van der Waals surface area (Å²) in [5.74, 6) is 0. The maximum Gasteiger partial charge on any atom is 0.356 e. The highest BCUT2D eigenvalue weighted by Gasteiger charge is 2.32. The van der Waals surface area contributed by atoms with Gasteiger partial charge < -0.3 is 14.2 Å². The molecule has 0 heterocycles. The molecule has 2 fully saturated rings. The molecule has 0 radical (unpaired) electrons. The smallest absolute Gasteiger partial charge is 0.356 e. The van der Waals surface area contributed by atoms with Crippen LogP contribution in [0, 0.1) is 0 Å². The lowest BCUT2D eigenvalue weighted by Gasteiger charge is -2.30. The van der Waals surface area contributed by atoms with E-state index in [-0.39, 0.29) is 12.2 Å². The fourth-order valence-corrected chi connectivity index (χ4v) is 4.40. The molecule has 0 aromatic heterocycles. The van der Waals surface area contributed by atoms with Gasteiger partial charge in [0.2, 0.25) is 0 Å². The first-order valence-corrected chi connectivity index (χ1v) is 9.01. The van der Waals surface area contributed by atoms with Gasteiger partial charge in [-0.3, -0.25) is 4.57 Å². The fourth-order valence-electron chi connectivity index (χ4n) is 2.89. The molecule has 0 unspecified atom stereocenters. The van der Waals surface area contributed by atoms with Crippen LogP contribution in [0.25, 0.3) is 0 Å². The predicted molar refractivity (Wildman–Crippen MR) is 70.6 cm³/mol. The van der Waals surface area contributed by atoms with E-state index in [9.17, 15) is 9.67 Å². The molecule has 2 saturated carbocycles. The van der Waals surface area contributed by atoms with Crippen LogP contribution in [0.15, 0.2) is 0 Å². The molecule has 2 aliphatic carbocycles. The summed E-state index contributed by atoms with van der Waals surface area (Å²) >= 11 is 0. The van der Waals surface area contributed by atoms with Crippen LogP contribution >= 0.6 is 7.60 Å². The summed E-state index contributed by atoms with van der Waals surface area (Å²) < 4.78 is 23.7. The van der Waals surface area contributed by atoms with Crippen molar-refractivity contribution in [2.75, 3.05) is 6.35 Å². The van der Waals surface area contributed by atoms with E-state index in [0.29, 0.717) is 0 Å². The van der Waals surface area contributed by atoms with Gasteiger partial charge in [-0.05, 0) is 25.7 Å². The number of aliphatic hydroxyl groups excluding tert-OH is 1. The van der Waals surface area contributed by atoms with Gasteiger partial charge in [0.05, 0.1) is 12.2 Å². The molecule has 2 aliphatic rings. The van der Waals surface area contributed by atoms with Crippen LogP contribution in [0.3, 0.4) is 0 Å². The second kappa shape index (κ2) is 7.04. The average Bonchev–Trinajstić information content (AvgIpc) is 2.41. The van der Waals surface area contributed by atoms with Gasteiger partial charge >= 0.3 is 7.60 Å². The van der Waals surface area contributed by atoms with Gasteiger partial charge in [-0.25, -0.2) is 0 Å². The SMILES string of the molecule is O=P(CO)(OC1CCCCC1)OC1CCCCC1. The zero-order valence-corrected chi connectivity index (χ0v) is 11.9. The van der Waals surface area contributed by atoms with Crippen molar-refractivity contribution in [1.82, 2.24) is 0 Å². The second-order valence-electron chi connectivity index (χ2n) is 5.48. The van der Waals surface area contributed by atoms with Gasteiger partial charge in [-0.15, -0.1) is 0 Å². The molecule has 0 aliphatic heterocycles. The Morgan fingerprint density at radius 2 is 1.22 bits per heavy atom. The first-order chi connectivity index (χ1) is 8.72. The molecule has 1 N–H and O–H groups in total. The third kappa shape index (κ3) is 4.34. The van der Waals surface area contributed by atoms with Crippen molar-refractivity contribution in [1.29, 1.82) is 0 Å². The zero-order chi connectivity index (χ0) is 12.8. The minimum atomic E-state index is -3.28. The second-order valence-corrected chi connectivity index (χ2v) is 7.41. The Balaban J connectivity index is 1.85.